The van der Waals surface area contributed by atoms with Gasteiger partial charge in [0.05, 0.1) is 16.7 Å². The van der Waals surface area contributed by atoms with Crippen LogP contribution in [0.3, 0.4) is 0 Å². The number of hydrogen-bond donors (Lipinski definition) is 1. The molecule has 0 spiro atoms. The fourth-order valence-electron chi connectivity index (χ4n) is 4.11. The molecule has 0 aliphatic carbocycles. The van der Waals surface area contributed by atoms with Gasteiger partial charge in [0.15, 0.2) is 0 Å². The number of imidazole rings is 1. The molecule has 3 aromatic carbocycles. The molecular weight excluding hydrogens is 436 g/mol. The van der Waals surface area contributed by atoms with Crippen LogP contribution < -0.4 is 10.9 Å². The number of carbonyl (C=O) groups is 1. The van der Waals surface area contributed by atoms with Gasteiger partial charge in [0.1, 0.15) is 6.54 Å². The molecule has 6 nitrogen and oxygen atoms in total. The Bertz CT molecular complexity index is 1600. The molecule has 0 unspecified atom stereocenters. The van der Waals surface area contributed by atoms with Crippen molar-refractivity contribution in [2.45, 2.75) is 20.4 Å². The van der Waals surface area contributed by atoms with Crippen LogP contribution in [0.25, 0.3) is 28.1 Å². The summed E-state index contributed by atoms with van der Waals surface area (Å²) in [6.07, 6.45) is 0. The minimum Gasteiger partial charge on any atom is -0.324 e. The van der Waals surface area contributed by atoms with Crippen LogP contribution in [-0.4, -0.2) is 19.9 Å². The van der Waals surface area contributed by atoms with E-state index in [0.717, 1.165) is 27.9 Å². The monoisotopic (exact) mass is 456 g/mol. The Balaban J connectivity index is 1.63. The molecule has 33 heavy (non-hydrogen) atoms. The van der Waals surface area contributed by atoms with Crippen molar-refractivity contribution < 1.29 is 4.79 Å². The SMILES string of the molecule is Cc1ccc(NC(=O)Cn2c3ccccc3n3c(=O)cc(-c4cccc(Cl)c4)nc23)c(C)c1. The summed E-state index contributed by atoms with van der Waals surface area (Å²) in [5.41, 5.74) is 5.34. The van der Waals surface area contributed by atoms with E-state index in [9.17, 15) is 9.59 Å². The van der Waals surface area contributed by atoms with Gasteiger partial charge in [-0.2, -0.15) is 0 Å². The minimum atomic E-state index is -0.222. The Hall–Kier alpha value is -3.90. The van der Waals surface area contributed by atoms with Gasteiger partial charge in [0.2, 0.25) is 11.7 Å². The quantitative estimate of drug-likeness (QED) is 0.403. The maximum Gasteiger partial charge on any atom is 0.260 e. The molecule has 2 aromatic heterocycles. The molecule has 2 heterocycles. The van der Waals surface area contributed by atoms with Crippen molar-refractivity contribution in [3.63, 3.8) is 0 Å². The fourth-order valence-corrected chi connectivity index (χ4v) is 4.30. The molecule has 0 radical (unpaired) electrons. The molecule has 5 aromatic rings. The third kappa shape index (κ3) is 3.90. The zero-order chi connectivity index (χ0) is 23.1. The lowest BCUT2D eigenvalue weighted by molar-refractivity contribution is -0.116. The Kier molecular flexibility index (Phi) is 5.23. The summed E-state index contributed by atoms with van der Waals surface area (Å²) < 4.78 is 3.30. The van der Waals surface area contributed by atoms with Crippen molar-refractivity contribution in [3.8, 4) is 11.3 Å². The summed E-state index contributed by atoms with van der Waals surface area (Å²) in [5, 5.41) is 3.54. The predicted molar refractivity (Wildman–Crippen MR) is 132 cm³/mol. The molecule has 1 N–H and O–H groups in total. The van der Waals surface area contributed by atoms with E-state index in [4.69, 9.17) is 16.6 Å². The first-order valence-corrected chi connectivity index (χ1v) is 10.9. The number of para-hydroxylation sites is 2. The summed E-state index contributed by atoms with van der Waals surface area (Å²) in [6.45, 7) is 3.98. The molecule has 0 aliphatic rings. The fraction of sp³-hybridized carbons (Fsp3) is 0.115. The van der Waals surface area contributed by atoms with Gasteiger partial charge < -0.3 is 9.88 Å². The van der Waals surface area contributed by atoms with Crippen LogP contribution in [0.4, 0.5) is 5.69 Å². The number of rotatable bonds is 4. The second kappa shape index (κ2) is 8.22. The second-order valence-corrected chi connectivity index (χ2v) is 8.50. The van der Waals surface area contributed by atoms with Gasteiger partial charge in [-0.15, -0.1) is 0 Å². The molecule has 7 heteroatoms. The molecule has 0 fully saturated rings. The number of aromatic nitrogens is 3. The molecule has 164 valence electrons. The van der Waals surface area contributed by atoms with E-state index in [1.165, 1.54) is 10.5 Å². The molecule has 0 aliphatic heterocycles. The lowest BCUT2D eigenvalue weighted by atomic mass is 10.1. The highest BCUT2D eigenvalue weighted by Gasteiger charge is 2.17. The Morgan fingerprint density at radius 1 is 0.970 bits per heavy atom. The summed E-state index contributed by atoms with van der Waals surface area (Å²) in [5.74, 6) is 0.196. The highest BCUT2D eigenvalue weighted by Crippen LogP contribution is 2.24. The minimum absolute atomic E-state index is 0.00969. The van der Waals surface area contributed by atoms with Crippen LogP contribution in [0.1, 0.15) is 11.1 Å². The van der Waals surface area contributed by atoms with Gasteiger partial charge in [-0.05, 0) is 49.7 Å². The van der Waals surface area contributed by atoms with Gasteiger partial charge in [-0.1, -0.05) is 53.6 Å². The average molecular weight is 457 g/mol. The number of halogens is 1. The van der Waals surface area contributed by atoms with Gasteiger partial charge in [-0.25, -0.2) is 9.38 Å². The van der Waals surface area contributed by atoms with Crippen LogP contribution in [0.15, 0.2) is 77.6 Å². The second-order valence-electron chi connectivity index (χ2n) is 8.07. The molecule has 1 amide bonds. The van der Waals surface area contributed by atoms with E-state index in [1.807, 2.05) is 68.4 Å². The number of nitrogens with zero attached hydrogens (tertiary/aromatic N) is 3. The van der Waals surface area contributed by atoms with E-state index in [0.29, 0.717) is 22.0 Å². The Morgan fingerprint density at radius 3 is 2.52 bits per heavy atom. The lowest BCUT2D eigenvalue weighted by Gasteiger charge is -2.11. The van der Waals surface area contributed by atoms with E-state index >= 15 is 0 Å². The molecule has 0 saturated heterocycles. The Labute approximate surface area is 195 Å². The summed E-state index contributed by atoms with van der Waals surface area (Å²) in [4.78, 5) is 30.9. The first-order valence-electron chi connectivity index (χ1n) is 10.5. The van der Waals surface area contributed by atoms with Crippen LogP contribution in [0.5, 0.6) is 0 Å². The predicted octanol–water partition coefficient (Wildman–Crippen LogP) is 5.23. The van der Waals surface area contributed by atoms with Crippen LogP contribution in [0, 0.1) is 13.8 Å². The van der Waals surface area contributed by atoms with E-state index in [1.54, 1.807) is 16.7 Å². The molecular formula is C26H21ClN4O2. The number of amides is 1. The molecule has 0 bridgehead atoms. The highest BCUT2D eigenvalue weighted by atomic mass is 35.5. The van der Waals surface area contributed by atoms with Crippen LogP contribution in [0.2, 0.25) is 5.02 Å². The standard InChI is InChI=1S/C26H21ClN4O2/c1-16-10-11-20(17(2)12-16)28-24(32)15-30-22-8-3-4-9-23(22)31-25(33)14-21(29-26(30)31)18-6-5-7-19(27)13-18/h3-14H,15H2,1-2H3,(H,28,32). The zero-order valence-electron chi connectivity index (χ0n) is 18.2. The van der Waals surface area contributed by atoms with Crippen molar-refractivity contribution in [1.82, 2.24) is 14.0 Å². The zero-order valence-corrected chi connectivity index (χ0v) is 18.9. The van der Waals surface area contributed by atoms with Crippen molar-refractivity contribution in [3.05, 3.63) is 99.3 Å². The number of nitrogens with one attached hydrogen (secondary N) is 1. The molecule has 5 rings (SSSR count). The summed E-state index contributed by atoms with van der Waals surface area (Å²) in [6, 6.07) is 22.0. The van der Waals surface area contributed by atoms with E-state index < -0.39 is 0 Å². The van der Waals surface area contributed by atoms with Crippen LogP contribution >= 0.6 is 11.6 Å². The number of hydrogen-bond acceptors (Lipinski definition) is 3. The number of benzene rings is 3. The van der Waals surface area contributed by atoms with Crippen molar-refractivity contribution in [1.29, 1.82) is 0 Å². The highest BCUT2D eigenvalue weighted by molar-refractivity contribution is 6.30. The van der Waals surface area contributed by atoms with E-state index in [-0.39, 0.29) is 18.0 Å². The maximum atomic E-state index is 13.1. The molecule has 0 atom stereocenters. The lowest BCUT2D eigenvalue weighted by Crippen LogP contribution is -2.21. The van der Waals surface area contributed by atoms with Gasteiger partial charge >= 0.3 is 0 Å². The van der Waals surface area contributed by atoms with Crippen molar-refractivity contribution in [2.24, 2.45) is 0 Å². The third-order valence-electron chi connectivity index (χ3n) is 5.63. The van der Waals surface area contributed by atoms with Gasteiger partial charge in [0, 0.05) is 22.3 Å². The largest absolute Gasteiger partial charge is 0.324 e. The Morgan fingerprint density at radius 2 is 1.76 bits per heavy atom. The van der Waals surface area contributed by atoms with Crippen molar-refractivity contribution >= 4 is 40.0 Å². The van der Waals surface area contributed by atoms with Gasteiger partial charge in [0.25, 0.3) is 5.56 Å². The average Bonchev–Trinajstić information content (AvgIpc) is 3.10. The first-order chi connectivity index (χ1) is 15.9. The van der Waals surface area contributed by atoms with Crippen LogP contribution in [-0.2, 0) is 11.3 Å². The van der Waals surface area contributed by atoms with Crippen molar-refractivity contribution in [2.75, 3.05) is 5.32 Å². The maximum absolute atomic E-state index is 13.1. The topological polar surface area (TPSA) is 68.4 Å². The number of fused-ring (bicyclic) bond motifs is 3. The number of aryl methyl sites for hydroxylation is 2. The van der Waals surface area contributed by atoms with Gasteiger partial charge in [-0.3, -0.25) is 9.59 Å². The third-order valence-corrected chi connectivity index (χ3v) is 5.87. The summed E-state index contributed by atoms with van der Waals surface area (Å²) >= 11 is 6.15. The smallest absolute Gasteiger partial charge is 0.260 e. The molecule has 0 saturated carbocycles. The number of carbonyl (C=O) groups excluding carboxylic acids is 1. The normalized spacial score (nSPS) is 11.2. The number of anilines is 1. The summed E-state index contributed by atoms with van der Waals surface area (Å²) in [7, 11) is 0. The first kappa shape index (κ1) is 21.0. The van der Waals surface area contributed by atoms with E-state index in [2.05, 4.69) is 5.32 Å².